The van der Waals surface area contributed by atoms with Crippen LogP contribution >= 0.6 is 0 Å². The Morgan fingerprint density at radius 3 is 1.00 bits per heavy atom. The Kier molecular flexibility index (Phi) is 18.3. The van der Waals surface area contributed by atoms with Crippen molar-refractivity contribution in [2.75, 3.05) is 0 Å². The second-order valence-electron chi connectivity index (χ2n) is 4.49. The first-order valence-corrected chi connectivity index (χ1v) is 7.23. The molecule has 0 spiro atoms. The van der Waals surface area contributed by atoms with Crippen molar-refractivity contribution in [3.8, 4) is 0 Å². The van der Waals surface area contributed by atoms with Crippen molar-refractivity contribution in [3.05, 3.63) is 23.3 Å². The molecular weight excluding hydrogens is 320 g/mol. The molecule has 0 amide bonds. The van der Waals surface area contributed by atoms with Gasteiger partial charge in [0.1, 0.15) is 0 Å². The first kappa shape index (κ1) is 26.3. The molecule has 0 bridgehead atoms. The van der Waals surface area contributed by atoms with Crippen molar-refractivity contribution in [1.82, 2.24) is 0 Å². The van der Waals surface area contributed by atoms with E-state index in [1.165, 1.54) is 0 Å². The first-order valence-electron chi connectivity index (χ1n) is 7.23. The molecule has 0 aliphatic heterocycles. The normalized spacial score (nSPS) is 10.5. The number of hydrogen-bond acceptors (Lipinski definition) is 4. The quantitative estimate of drug-likeness (QED) is 0.514. The summed E-state index contributed by atoms with van der Waals surface area (Å²) >= 11 is 0. The molecule has 0 aromatic rings. The molecule has 0 aliphatic rings. The zero-order valence-electron chi connectivity index (χ0n) is 14.4. The second-order valence-corrected chi connectivity index (χ2v) is 4.49. The number of carbonyl (C=O) groups is 4. The van der Waals surface area contributed by atoms with Gasteiger partial charge in [0.05, 0.1) is 12.8 Å². The van der Waals surface area contributed by atoms with Crippen molar-refractivity contribution < 1.29 is 39.6 Å². The maximum atomic E-state index is 10.0. The molecule has 0 rings (SSSR count). The molecule has 4 N–H and O–H groups in total. The van der Waals surface area contributed by atoms with E-state index in [4.69, 9.17) is 20.4 Å². The Labute approximate surface area is 141 Å². The van der Waals surface area contributed by atoms with Gasteiger partial charge in [0.25, 0.3) is 0 Å². The lowest BCUT2D eigenvalue weighted by Crippen LogP contribution is -2.00. The van der Waals surface area contributed by atoms with Gasteiger partial charge in [0.15, 0.2) is 0 Å². The first-order chi connectivity index (χ1) is 11.0. The van der Waals surface area contributed by atoms with Crippen molar-refractivity contribution in [3.63, 3.8) is 0 Å². The summed E-state index contributed by atoms with van der Waals surface area (Å²) in [5, 5.41) is 32.3. The number of carboxylic acid groups (broad SMARTS) is 4. The van der Waals surface area contributed by atoms with Crippen LogP contribution in [-0.4, -0.2) is 44.3 Å². The minimum atomic E-state index is -1.08. The van der Waals surface area contributed by atoms with E-state index >= 15 is 0 Å². The highest BCUT2D eigenvalue weighted by Gasteiger charge is 2.00. The van der Waals surface area contributed by atoms with Gasteiger partial charge in [-0.15, -0.1) is 0 Å². The van der Waals surface area contributed by atoms with Crippen molar-refractivity contribution in [1.29, 1.82) is 0 Å². The summed E-state index contributed by atoms with van der Waals surface area (Å²) in [4.78, 5) is 39.3. The molecule has 138 valence electrons. The second kappa shape index (κ2) is 16.7. The molecule has 24 heavy (non-hydrogen) atoms. The van der Waals surface area contributed by atoms with Crippen LogP contribution in [-0.2, 0) is 19.2 Å². The lowest BCUT2D eigenvalue weighted by atomic mass is 10.2. The van der Waals surface area contributed by atoms with Crippen LogP contribution in [0.4, 0.5) is 0 Å². The number of hydrogen-bond donors (Lipinski definition) is 4. The molecule has 0 saturated heterocycles. The van der Waals surface area contributed by atoms with Gasteiger partial charge in [-0.05, 0) is 26.7 Å². The molecule has 0 aromatic carbocycles. The molecule has 0 atom stereocenters. The summed E-state index contributed by atoms with van der Waals surface area (Å²) in [5.41, 5.74) is 0.847. The van der Waals surface area contributed by atoms with E-state index in [1.807, 2.05) is 13.8 Å². The van der Waals surface area contributed by atoms with Gasteiger partial charge in [-0.1, -0.05) is 26.0 Å². The van der Waals surface area contributed by atoms with Crippen molar-refractivity contribution in [2.45, 2.75) is 53.4 Å². The lowest BCUT2D eigenvalue weighted by Gasteiger charge is -1.87. The molecule has 0 aromatic heterocycles. The van der Waals surface area contributed by atoms with Gasteiger partial charge in [-0.2, -0.15) is 0 Å². The Morgan fingerprint density at radius 2 is 0.917 bits per heavy atom. The van der Waals surface area contributed by atoms with E-state index in [-0.39, 0.29) is 12.8 Å². The van der Waals surface area contributed by atoms with Crippen molar-refractivity contribution >= 4 is 23.9 Å². The monoisotopic (exact) mass is 346 g/mol. The Hall–Kier alpha value is -2.64. The highest BCUT2D eigenvalue weighted by Crippen LogP contribution is 1.93. The summed E-state index contributed by atoms with van der Waals surface area (Å²) in [6, 6.07) is 0. The molecular formula is C16H26O8. The van der Waals surface area contributed by atoms with E-state index in [9.17, 15) is 19.2 Å². The molecule has 0 radical (unpaired) electrons. The van der Waals surface area contributed by atoms with Crippen LogP contribution in [0.2, 0.25) is 0 Å². The zero-order valence-corrected chi connectivity index (χ0v) is 14.4. The SMILES string of the molecule is CCC=C(C)C(=O)O.CCC=C(C)C(=O)O.O=C(O)CCC(=O)O. The van der Waals surface area contributed by atoms with Gasteiger partial charge in [0, 0.05) is 11.1 Å². The van der Waals surface area contributed by atoms with Crippen LogP contribution in [0.3, 0.4) is 0 Å². The third-order valence-corrected chi connectivity index (χ3v) is 2.25. The fourth-order valence-corrected chi connectivity index (χ4v) is 1.00. The molecule has 0 saturated carbocycles. The summed E-state index contributed by atoms with van der Waals surface area (Å²) in [6.45, 7) is 7.00. The highest BCUT2D eigenvalue weighted by molar-refractivity contribution is 5.86. The van der Waals surface area contributed by atoms with Crippen LogP contribution in [0.5, 0.6) is 0 Å². The van der Waals surface area contributed by atoms with Gasteiger partial charge >= 0.3 is 23.9 Å². The average molecular weight is 346 g/mol. The third-order valence-electron chi connectivity index (χ3n) is 2.25. The predicted octanol–water partition coefficient (Wildman–Crippen LogP) is 2.79. The maximum Gasteiger partial charge on any atom is 0.330 e. The van der Waals surface area contributed by atoms with Crippen molar-refractivity contribution in [2.24, 2.45) is 0 Å². The van der Waals surface area contributed by atoms with Crippen LogP contribution in [0.25, 0.3) is 0 Å². The topological polar surface area (TPSA) is 149 Å². The molecule has 0 unspecified atom stereocenters. The van der Waals surface area contributed by atoms with Gasteiger partial charge in [0.2, 0.25) is 0 Å². The van der Waals surface area contributed by atoms with Crippen LogP contribution in [0.1, 0.15) is 53.4 Å². The highest BCUT2D eigenvalue weighted by atomic mass is 16.4. The van der Waals surface area contributed by atoms with Gasteiger partial charge in [-0.25, -0.2) is 9.59 Å². The lowest BCUT2D eigenvalue weighted by molar-refractivity contribution is -0.143. The molecule has 0 aliphatic carbocycles. The molecule has 8 heteroatoms. The number of aliphatic carboxylic acids is 4. The number of allylic oxidation sites excluding steroid dienone is 2. The van der Waals surface area contributed by atoms with E-state index in [1.54, 1.807) is 26.0 Å². The van der Waals surface area contributed by atoms with E-state index in [0.717, 1.165) is 12.8 Å². The minimum absolute atomic E-state index is 0.296. The summed E-state index contributed by atoms with van der Waals surface area (Å²) in [5.74, 6) is -3.81. The summed E-state index contributed by atoms with van der Waals surface area (Å²) in [6.07, 6.45) is 4.35. The molecule has 0 heterocycles. The largest absolute Gasteiger partial charge is 0.481 e. The van der Waals surface area contributed by atoms with Gasteiger partial charge in [-0.3, -0.25) is 9.59 Å². The molecule has 8 nitrogen and oxygen atoms in total. The third kappa shape index (κ3) is 24.4. The minimum Gasteiger partial charge on any atom is -0.481 e. The number of rotatable bonds is 7. The zero-order chi connectivity index (χ0) is 19.7. The Balaban J connectivity index is -0.000000276. The molecule has 0 fully saturated rings. The van der Waals surface area contributed by atoms with E-state index in [2.05, 4.69) is 0 Å². The van der Waals surface area contributed by atoms with Crippen LogP contribution in [0.15, 0.2) is 23.3 Å². The summed E-state index contributed by atoms with van der Waals surface area (Å²) < 4.78 is 0. The Bertz CT molecular complexity index is 430. The predicted molar refractivity (Wildman–Crippen MR) is 87.9 cm³/mol. The van der Waals surface area contributed by atoms with Crippen LogP contribution < -0.4 is 0 Å². The average Bonchev–Trinajstić information content (AvgIpc) is 2.46. The standard InChI is InChI=1S/2C6H10O2.C4H6O4/c2*1-3-4-5(2)6(7)8;5-3(6)1-2-4(7)8/h2*4H,3H2,1-2H3,(H,7,8);1-2H2,(H,5,6)(H,7,8). The van der Waals surface area contributed by atoms with E-state index in [0.29, 0.717) is 11.1 Å². The van der Waals surface area contributed by atoms with E-state index < -0.39 is 23.9 Å². The Morgan fingerprint density at radius 1 is 0.667 bits per heavy atom. The number of carboxylic acids is 4. The smallest absolute Gasteiger partial charge is 0.330 e. The fraction of sp³-hybridized carbons (Fsp3) is 0.500. The summed E-state index contributed by atoms with van der Waals surface area (Å²) in [7, 11) is 0. The maximum absolute atomic E-state index is 10.0. The van der Waals surface area contributed by atoms with Crippen LogP contribution in [0, 0.1) is 0 Å². The van der Waals surface area contributed by atoms with Gasteiger partial charge < -0.3 is 20.4 Å². The fourth-order valence-electron chi connectivity index (χ4n) is 1.00.